The van der Waals surface area contributed by atoms with E-state index in [4.69, 9.17) is 0 Å². The topological polar surface area (TPSA) is 35.2 Å². The first-order chi connectivity index (χ1) is 40.3. The smallest absolute Gasteiger partial charge is 0.252 e. The highest BCUT2D eigenvalue weighted by molar-refractivity contribution is 7.00. The van der Waals surface area contributed by atoms with Crippen LogP contribution in [0.15, 0.2) is 279 Å². The highest BCUT2D eigenvalue weighted by Crippen LogP contribution is 2.53. The third kappa shape index (κ3) is 7.98. The molecule has 12 aromatic carbocycles. The highest BCUT2D eigenvalue weighted by Gasteiger charge is 2.46. The molecule has 15 rings (SSSR count). The molecule has 82 heavy (non-hydrogen) atoms. The first kappa shape index (κ1) is 48.7. The Bertz CT molecular complexity index is 4560. The van der Waals surface area contributed by atoms with Gasteiger partial charge in [-0.25, -0.2) is 0 Å². The Labute approximate surface area is 479 Å². The fourth-order valence-corrected chi connectivity index (χ4v) is 13.1. The van der Waals surface area contributed by atoms with Crippen LogP contribution < -0.4 is 26.2 Å². The molecule has 3 heterocycles. The lowest BCUT2D eigenvalue weighted by Gasteiger charge is -2.46. The second-order valence-electron chi connectivity index (χ2n) is 22.8. The molecule has 2 aliphatic rings. The summed E-state index contributed by atoms with van der Waals surface area (Å²) in [5.41, 5.74) is 26.0. The third-order valence-corrected chi connectivity index (χ3v) is 16.9. The summed E-state index contributed by atoms with van der Waals surface area (Å²) < 4.78 is 2.46. The van der Waals surface area contributed by atoms with Gasteiger partial charge in [-0.1, -0.05) is 233 Å². The fourth-order valence-electron chi connectivity index (χ4n) is 13.1. The summed E-state index contributed by atoms with van der Waals surface area (Å²) in [6.45, 7) is 6.78. The largest absolute Gasteiger partial charge is 0.311 e. The molecule has 0 atom stereocenters. The number of anilines is 6. The Kier molecular flexibility index (Phi) is 11.6. The number of hydrogen-bond donors (Lipinski definition) is 0. The molecule has 0 radical (unpaired) electrons. The zero-order chi connectivity index (χ0) is 55.1. The van der Waals surface area contributed by atoms with Crippen LogP contribution in [0.4, 0.5) is 34.1 Å². The SMILES string of the molecule is CC(C)(C)c1cc2c3c(c1)N(c1c(-c4ccccc4)cc(C#N)cc1-c1ccccc1)c1ccc(-n4c5ccccc5c5ccccc54)cc1B3c1cc(-c3ccccc3)ccc1N2c1cc(-c2ccccc2)ccc1-c1ccccc1. The minimum Gasteiger partial charge on any atom is -0.311 e. The summed E-state index contributed by atoms with van der Waals surface area (Å²) in [6, 6.07) is 105. The van der Waals surface area contributed by atoms with Gasteiger partial charge in [0.25, 0.3) is 6.71 Å². The molecule has 0 saturated carbocycles. The van der Waals surface area contributed by atoms with Crippen LogP contribution in [0.2, 0.25) is 0 Å². The van der Waals surface area contributed by atoms with Gasteiger partial charge in [0, 0.05) is 55.9 Å². The third-order valence-electron chi connectivity index (χ3n) is 16.9. The maximum absolute atomic E-state index is 11.0. The lowest BCUT2D eigenvalue weighted by atomic mass is 9.33. The maximum atomic E-state index is 11.0. The summed E-state index contributed by atoms with van der Waals surface area (Å²) in [4.78, 5) is 5.17. The van der Waals surface area contributed by atoms with Gasteiger partial charge in [-0.05, 0) is 133 Å². The van der Waals surface area contributed by atoms with Gasteiger partial charge in [0.15, 0.2) is 0 Å². The van der Waals surface area contributed by atoms with E-state index < -0.39 is 0 Å². The number of fused-ring (bicyclic) bond motifs is 7. The van der Waals surface area contributed by atoms with Crippen LogP contribution in [0, 0.1) is 11.3 Å². The van der Waals surface area contributed by atoms with Crippen LogP contribution in [0.1, 0.15) is 31.9 Å². The van der Waals surface area contributed by atoms with Crippen molar-refractivity contribution < 1.29 is 0 Å². The van der Waals surface area contributed by atoms with Crippen LogP contribution >= 0.6 is 0 Å². The van der Waals surface area contributed by atoms with Gasteiger partial charge in [0.05, 0.1) is 34.0 Å². The summed E-state index contributed by atoms with van der Waals surface area (Å²) in [6.07, 6.45) is 0. The second-order valence-corrected chi connectivity index (χ2v) is 22.8. The average molecular weight is 1050 g/mol. The van der Waals surface area contributed by atoms with E-state index in [-0.39, 0.29) is 12.1 Å². The molecule has 0 fully saturated rings. The maximum Gasteiger partial charge on any atom is 0.252 e. The van der Waals surface area contributed by atoms with Gasteiger partial charge >= 0.3 is 0 Å². The molecule has 2 aliphatic heterocycles. The Morgan fingerprint density at radius 3 is 1.33 bits per heavy atom. The quantitative estimate of drug-likeness (QED) is 0.142. The number of nitriles is 1. The van der Waals surface area contributed by atoms with Crippen molar-refractivity contribution in [3.63, 3.8) is 0 Å². The molecule has 5 heteroatoms. The van der Waals surface area contributed by atoms with Crippen molar-refractivity contribution in [2.24, 2.45) is 0 Å². The Morgan fingerprint density at radius 1 is 0.354 bits per heavy atom. The van der Waals surface area contributed by atoms with Gasteiger partial charge in [0.2, 0.25) is 0 Å². The van der Waals surface area contributed by atoms with Crippen molar-refractivity contribution in [2.45, 2.75) is 26.2 Å². The fraction of sp³-hybridized carbons (Fsp3) is 0.0519. The Hall–Kier alpha value is -10.4. The van der Waals surface area contributed by atoms with Crippen molar-refractivity contribution >= 4 is 79.0 Å². The zero-order valence-electron chi connectivity index (χ0n) is 45.9. The summed E-state index contributed by atoms with van der Waals surface area (Å²) in [5.74, 6) is 0. The van der Waals surface area contributed by atoms with Gasteiger partial charge in [0.1, 0.15) is 0 Å². The molecule has 0 aliphatic carbocycles. The van der Waals surface area contributed by atoms with E-state index in [1.807, 2.05) is 0 Å². The lowest BCUT2D eigenvalue weighted by molar-refractivity contribution is 0.590. The normalized spacial score (nSPS) is 12.5. The molecule has 13 aromatic rings. The molecule has 0 N–H and O–H groups in total. The number of nitrogens with zero attached hydrogens (tertiary/aromatic N) is 4. The van der Waals surface area contributed by atoms with Crippen LogP contribution in [-0.2, 0) is 5.41 Å². The first-order valence-corrected chi connectivity index (χ1v) is 28.3. The summed E-state index contributed by atoms with van der Waals surface area (Å²) in [7, 11) is 0. The number of aromatic nitrogens is 1. The lowest BCUT2D eigenvalue weighted by Crippen LogP contribution is -2.61. The monoisotopic (exact) mass is 1050 g/mol. The molecule has 0 saturated heterocycles. The number of hydrogen-bond acceptors (Lipinski definition) is 3. The van der Waals surface area contributed by atoms with E-state index in [2.05, 4.69) is 320 Å². The Balaban J connectivity index is 1.12. The van der Waals surface area contributed by atoms with Crippen LogP contribution in [-0.4, -0.2) is 11.3 Å². The molecule has 0 amide bonds. The van der Waals surface area contributed by atoms with E-state index in [1.165, 1.54) is 32.7 Å². The van der Waals surface area contributed by atoms with E-state index in [9.17, 15) is 5.26 Å². The number of para-hydroxylation sites is 2. The predicted molar refractivity (Wildman–Crippen MR) is 345 cm³/mol. The van der Waals surface area contributed by atoms with Crippen molar-refractivity contribution in [3.05, 3.63) is 290 Å². The number of rotatable bonds is 8. The predicted octanol–water partition coefficient (Wildman–Crippen LogP) is 18.4. The first-order valence-electron chi connectivity index (χ1n) is 28.3. The van der Waals surface area contributed by atoms with Crippen molar-refractivity contribution in [2.75, 3.05) is 9.80 Å². The van der Waals surface area contributed by atoms with Crippen LogP contribution in [0.25, 0.3) is 83.1 Å². The van der Waals surface area contributed by atoms with Crippen LogP contribution in [0.5, 0.6) is 0 Å². The molecular weight excluding hydrogens is 992 g/mol. The standard InChI is InChI=1S/C77H55BN4/c1-77(2,3)59-47-73-75-74(48-59)82(76-64(55-29-15-7-16-30-55)43-51(50-79)44-65(76)56-31-17-8-18-32-56)71-42-39-60(80-68-35-21-19-33-62(68)63-34-20-22-36-69(63)80)49-67(71)78(75)66-45-57(52-23-9-4-10-24-52)38-41-70(66)81(73)72-46-58(53-25-11-5-12-26-53)37-40-61(72)54-27-13-6-14-28-54/h4-49H,1-3H3. The molecular formula is C77H55BN4. The summed E-state index contributed by atoms with van der Waals surface area (Å²) in [5, 5.41) is 13.4. The second kappa shape index (κ2) is 19.4. The minimum absolute atomic E-state index is 0.232. The van der Waals surface area contributed by atoms with Crippen molar-refractivity contribution in [3.8, 4) is 67.4 Å². The van der Waals surface area contributed by atoms with Crippen molar-refractivity contribution in [1.82, 2.24) is 4.57 Å². The van der Waals surface area contributed by atoms with Gasteiger partial charge in [-0.15, -0.1) is 0 Å². The van der Waals surface area contributed by atoms with Crippen LogP contribution in [0.3, 0.4) is 0 Å². The molecule has 0 unspecified atom stereocenters. The summed E-state index contributed by atoms with van der Waals surface area (Å²) >= 11 is 0. The van der Waals surface area contributed by atoms with Crippen molar-refractivity contribution in [1.29, 1.82) is 5.26 Å². The zero-order valence-corrected chi connectivity index (χ0v) is 45.9. The molecule has 0 bridgehead atoms. The minimum atomic E-state index is -0.278. The number of benzene rings is 12. The molecule has 1 aromatic heterocycles. The van der Waals surface area contributed by atoms with E-state index in [0.29, 0.717) is 5.56 Å². The van der Waals surface area contributed by atoms with Gasteiger partial charge in [-0.2, -0.15) is 5.26 Å². The van der Waals surface area contributed by atoms with E-state index in [1.54, 1.807) is 0 Å². The molecule has 0 spiro atoms. The highest BCUT2D eigenvalue weighted by atomic mass is 15.2. The van der Waals surface area contributed by atoms with Gasteiger partial charge < -0.3 is 14.4 Å². The van der Waals surface area contributed by atoms with E-state index >= 15 is 0 Å². The average Bonchev–Trinajstić information content (AvgIpc) is 1.73. The van der Waals surface area contributed by atoms with E-state index in [0.717, 1.165) is 106 Å². The molecule has 386 valence electrons. The van der Waals surface area contributed by atoms with Gasteiger partial charge in [-0.3, -0.25) is 0 Å². The molecule has 4 nitrogen and oxygen atoms in total. The Morgan fingerprint density at radius 2 is 0.793 bits per heavy atom.